The minimum Gasteiger partial charge on any atom is -0.497 e. The number of hydrogen-bond donors (Lipinski definition) is 1. The molecule has 1 N–H and O–H groups in total. The predicted octanol–water partition coefficient (Wildman–Crippen LogP) is 4.40. The molecular weight excluding hydrogens is 298 g/mol. The Morgan fingerprint density at radius 1 is 1.23 bits per heavy atom. The third-order valence-corrected chi connectivity index (χ3v) is 4.37. The Labute approximate surface area is 135 Å². The van der Waals surface area contributed by atoms with E-state index in [2.05, 4.69) is 5.32 Å². The van der Waals surface area contributed by atoms with Crippen LogP contribution in [-0.4, -0.2) is 13.0 Å². The summed E-state index contributed by atoms with van der Waals surface area (Å²) >= 11 is 5.90. The van der Waals surface area contributed by atoms with Gasteiger partial charge in [-0.3, -0.25) is 4.79 Å². The van der Waals surface area contributed by atoms with Gasteiger partial charge in [-0.15, -0.1) is 0 Å². The zero-order chi connectivity index (χ0) is 15.7. The van der Waals surface area contributed by atoms with Crippen LogP contribution in [0.5, 0.6) is 5.75 Å². The maximum absolute atomic E-state index is 12.4. The number of ether oxygens (including phenoxy) is 1. The number of amides is 1. The fraction of sp³-hybridized carbons (Fsp3) is 0.278. The highest BCUT2D eigenvalue weighted by Gasteiger charge is 2.43. The normalized spacial score (nSPS) is 19.6. The molecule has 0 aromatic heterocycles. The third-order valence-electron chi connectivity index (χ3n) is 4.12. The molecule has 2 aromatic rings. The van der Waals surface area contributed by atoms with E-state index in [0.717, 1.165) is 28.4 Å². The summed E-state index contributed by atoms with van der Waals surface area (Å²) < 4.78 is 5.18. The van der Waals surface area contributed by atoms with Gasteiger partial charge < -0.3 is 10.1 Å². The summed E-state index contributed by atoms with van der Waals surface area (Å²) in [5.74, 6) is 1.22. The van der Waals surface area contributed by atoms with Crippen molar-refractivity contribution in [3.8, 4) is 5.75 Å². The van der Waals surface area contributed by atoms with Crippen molar-refractivity contribution < 1.29 is 9.53 Å². The molecule has 0 spiro atoms. The molecule has 1 fully saturated rings. The Morgan fingerprint density at radius 3 is 2.59 bits per heavy atom. The number of aryl methyl sites for hydroxylation is 1. The molecule has 3 rings (SSSR count). The van der Waals surface area contributed by atoms with Gasteiger partial charge in [-0.25, -0.2) is 0 Å². The van der Waals surface area contributed by atoms with Crippen LogP contribution in [0.1, 0.15) is 23.5 Å². The standard InChI is InChI=1S/C18H18ClNO2/c1-11-9-14(22-2)7-8-17(11)20-18(21)16-10-15(16)12-3-5-13(19)6-4-12/h3-9,15-16H,10H2,1-2H3,(H,20,21)/t15-,16+/m1/s1. The highest BCUT2D eigenvalue weighted by molar-refractivity contribution is 6.30. The van der Waals surface area contributed by atoms with E-state index in [1.54, 1.807) is 7.11 Å². The largest absolute Gasteiger partial charge is 0.497 e. The first-order valence-corrected chi connectivity index (χ1v) is 7.67. The molecule has 1 saturated carbocycles. The van der Waals surface area contributed by atoms with Crippen LogP contribution < -0.4 is 10.1 Å². The molecular formula is C18H18ClNO2. The van der Waals surface area contributed by atoms with E-state index in [4.69, 9.17) is 16.3 Å². The van der Waals surface area contributed by atoms with Crippen LogP contribution in [0, 0.1) is 12.8 Å². The minimum atomic E-state index is 0.0441. The second kappa shape index (κ2) is 6.01. The maximum atomic E-state index is 12.4. The number of halogens is 1. The highest BCUT2D eigenvalue weighted by Crippen LogP contribution is 2.48. The number of hydrogen-bond acceptors (Lipinski definition) is 2. The van der Waals surface area contributed by atoms with E-state index in [1.165, 1.54) is 5.56 Å². The molecule has 1 amide bonds. The maximum Gasteiger partial charge on any atom is 0.228 e. The van der Waals surface area contributed by atoms with Crippen LogP contribution in [0.3, 0.4) is 0 Å². The quantitative estimate of drug-likeness (QED) is 0.908. The summed E-state index contributed by atoms with van der Waals surface area (Å²) in [4.78, 5) is 12.4. The lowest BCUT2D eigenvalue weighted by molar-refractivity contribution is -0.117. The highest BCUT2D eigenvalue weighted by atomic mass is 35.5. The Kier molecular flexibility index (Phi) is 4.08. The van der Waals surface area contributed by atoms with Crippen molar-refractivity contribution in [1.29, 1.82) is 0 Å². The zero-order valence-electron chi connectivity index (χ0n) is 12.6. The minimum absolute atomic E-state index is 0.0441. The number of methoxy groups -OCH3 is 1. The predicted molar refractivity (Wildman–Crippen MR) is 88.7 cm³/mol. The molecule has 3 nitrogen and oxygen atoms in total. The van der Waals surface area contributed by atoms with E-state index in [9.17, 15) is 4.79 Å². The van der Waals surface area contributed by atoms with E-state index in [1.807, 2.05) is 49.4 Å². The van der Waals surface area contributed by atoms with Crippen molar-refractivity contribution in [2.24, 2.45) is 5.92 Å². The Hall–Kier alpha value is -2.00. The molecule has 22 heavy (non-hydrogen) atoms. The van der Waals surface area contributed by atoms with Gasteiger partial charge >= 0.3 is 0 Å². The lowest BCUT2D eigenvalue weighted by Crippen LogP contribution is -2.15. The number of rotatable bonds is 4. The molecule has 0 saturated heterocycles. The van der Waals surface area contributed by atoms with Gasteiger partial charge in [-0.05, 0) is 60.7 Å². The smallest absolute Gasteiger partial charge is 0.228 e. The number of carbonyl (C=O) groups is 1. The van der Waals surface area contributed by atoms with Gasteiger partial charge in [0, 0.05) is 16.6 Å². The summed E-state index contributed by atoms with van der Waals surface area (Å²) in [7, 11) is 1.63. The topological polar surface area (TPSA) is 38.3 Å². The molecule has 2 aromatic carbocycles. The molecule has 114 valence electrons. The number of anilines is 1. The SMILES string of the molecule is COc1ccc(NC(=O)[C@H]2C[C@@H]2c2ccc(Cl)cc2)c(C)c1. The lowest BCUT2D eigenvalue weighted by Gasteiger charge is -2.10. The Morgan fingerprint density at radius 2 is 1.95 bits per heavy atom. The second-order valence-corrected chi connectivity index (χ2v) is 6.11. The van der Waals surface area contributed by atoms with E-state index < -0.39 is 0 Å². The first-order valence-electron chi connectivity index (χ1n) is 7.29. The first-order chi connectivity index (χ1) is 10.6. The van der Waals surface area contributed by atoms with Crippen LogP contribution in [0.15, 0.2) is 42.5 Å². The van der Waals surface area contributed by atoms with Gasteiger partial charge in [-0.2, -0.15) is 0 Å². The van der Waals surface area contributed by atoms with Crippen molar-refractivity contribution in [3.05, 3.63) is 58.6 Å². The summed E-state index contributed by atoms with van der Waals surface area (Å²) in [5, 5.41) is 3.74. The van der Waals surface area contributed by atoms with Gasteiger partial charge in [-0.1, -0.05) is 23.7 Å². The van der Waals surface area contributed by atoms with Crippen LogP contribution in [0.4, 0.5) is 5.69 Å². The fourth-order valence-electron chi connectivity index (χ4n) is 2.69. The zero-order valence-corrected chi connectivity index (χ0v) is 13.4. The molecule has 0 bridgehead atoms. The van der Waals surface area contributed by atoms with Crippen LogP contribution >= 0.6 is 11.6 Å². The van der Waals surface area contributed by atoms with Gasteiger partial charge in [0.1, 0.15) is 5.75 Å². The molecule has 1 aliphatic carbocycles. The summed E-state index contributed by atoms with van der Waals surface area (Å²) in [6.07, 6.45) is 0.892. The first kappa shape index (κ1) is 14.9. The van der Waals surface area contributed by atoms with Crippen molar-refractivity contribution in [2.75, 3.05) is 12.4 Å². The number of nitrogens with one attached hydrogen (secondary N) is 1. The Bertz CT molecular complexity index is 697. The summed E-state index contributed by atoms with van der Waals surface area (Å²) in [6, 6.07) is 13.4. The van der Waals surface area contributed by atoms with Crippen molar-refractivity contribution in [2.45, 2.75) is 19.3 Å². The molecule has 0 heterocycles. The molecule has 2 atom stereocenters. The lowest BCUT2D eigenvalue weighted by atomic mass is 10.1. The van der Waals surface area contributed by atoms with Crippen LogP contribution in [0.25, 0.3) is 0 Å². The molecule has 0 aliphatic heterocycles. The third kappa shape index (κ3) is 3.09. The number of carbonyl (C=O) groups excluding carboxylic acids is 1. The van der Waals surface area contributed by atoms with Gasteiger partial charge in [0.25, 0.3) is 0 Å². The fourth-order valence-corrected chi connectivity index (χ4v) is 2.82. The van der Waals surface area contributed by atoms with Gasteiger partial charge in [0.05, 0.1) is 7.11 Å². The molecule has 0 unspecified atom stereocenters. The monoisotopic (exact) mass is 315 g/mol. The Balaban J connectivity index is 1.65. The number of benzene rings is 2. The summed E-state index contributed by atoms with van der Waals surface area (Å²) in [6.45, 7) is 1.96. The summed E-state index contributed by atoms with van der Waals surface area (Å²) in [5.41, 5.74) is 3.01. The van der Waals surface area contributed by atoms with E-state index in [0.29, 0.717) is 5.92 Å². The van der Waals surface area contributed by atoms with Gasteiger partial charge in [0.2, 0.25) is 5.91 Å². The average molecular weight is 316 g/mol. The molecule has 0 radical (unpaired) electrons. The molecule has 1 aliphatic rings. The van der Waals surface area contributed by atoms with Crippen molar-refractivity contribution in [3.63, 3.8) is 0 Å². The van der Waals surface area contributed by atoms with Gasteiger partial charge in [0.15, 0.2) is 0 Å². The van der Waals surface area contributed by atoms with Crippen molar-refractivity contribution >= 4 is 23.2 Å². The second-order valence-electron chi connectivity index (χ2n) is 5.67. The average Bonchev–Trinajstić information content (AvgIpc) is 3.30. The van der Waals surface area contributed by atoms with Crippen molar-refractivity contribution in [1.82, 2.24) is 0 Å². The van der Waals surface area contributed by atoms with E-state index >= 15 is 0 Å². The van der Waals surface area contributed by atoms with Crippen LogP contribution in [0.2, 0.25) is 5.02 Å². The molecule has 4 heteroatoms. The van der Waals surface area contributed by atoms with E-state index in [-0.39, 0.29) is 11.8 Å². The van der Waals surface area contributed by atoms with Crippen LogP contribution in [-0.2, 0) is 4.79 Å².